The summed E-state index contributed by atoms with van der Waals surface area (Å²) in [5.41, 5.74) is 0.723. The minimum atomic E-state index is -0.597. The molecule has 0 radical (unpaired) electrons. The SMILES string of the molecule is CC(=O)NC1CNc2cc(Br)cnc2NC1=O. The summed E-state index contributed by atoms with van der Waals surface area (Å²) in [4.78, 5) is 26.8. The van der Waals surface area contributed by atoms with Gasteiger partial charge in [0, 0.05) is 24.1 Å². The highest BCUT2D eigenvalue weighted by Gasteiger charge is 2.24. The molecule has 1 aromatic rings. The topological polar surface area (TPSA) is 83.1 Å². The van der Waals surface area contributed by atoms with Gasteiger partial charge in [-0.3, -0.25) is 9.59 Å². The number of pyridine rings is 1. The summed E-state index contributed by atoms with van der Waals surface area (Å²) in [5, 5.41) is 8.29. The van der Waals surface area contributed by atoms with Gasteiger partial charge < -0.3 is 16.0 Å². The maximum absolute atomic E-state index is 11.8. The minimum absolute atomic E-state index is 0.243. The number of fused-ring (bicyclic) bond motifs is 1. The van der Waals surface area contributed by atoms with Crippen LogP contribution in [0.5, 0.6) is 0 Å². The van der Waals surface area contributed by atoms with Crippen LogP contribution < -0.4 is 16.0 Å². The van der Waals surface area contributed by atoms with Crippen LogP contribution in [0.2, 0.25) is 0 Å². The Balaban J connectivity index is 2.22. The van der Waals surface area contributed by atoms with Crippen molar-refractivity contribution in [2.45, 2.75) is 13.0 Å². The van der Waals surface area contributed by atoms with Gasteiger partial charge in [-0.15, -0.1) is 0 Å². The van der Waals surface area contributed by atoms with E-state index >= 15 is 0 Å². The van der Waals surface area contributed by atoms with E-state index in [1.165, 1.54) is 6.92 Å². The van der Waals surface area contributed by atoms with Gasteiger partial charge in [0.25, 0.3) is 0 Å². The molecular formula is C10H11BrN4O2. The zero-order valence-corrected chi connectivity index (χ0v) is 10.7. The fraction of sp³-hybridized carbons (Fsp3) is 0.300. The number of aromatic nitrogens is 1. The lowest BCUT2D eigenvalue weighted by Crippen LogP contribution is -2.45. The smallest absolute Gasteiger partial charge is 0.249 e. The number of hydrogen-bond acceptors (Lipinski definition) is 4. The van der Waals surface area contributed by atoms with Gasteiger partial charge in [0.05, 0.1) is 5.69 Å². The molecule has 1 aromatic heterocycles. The first kappa shape index (κ1) is 11.8. The van der Waals surface area contributed by atoms with Crippen LogP contribution in [0.15, 0.2) is 16.7 Å². The second-order valence-electron chi connectivity index (χ2n) is 3.67. The van der Waals surface area contributed by atoms with Crippen LogP contribution >= 0.6 is 15.9 Å². The minimum Gasteiger partial charge on any atom is -0.379 e. The van der Waals surface area contributed by atoms with Crippen LogP contribution in [0.3, 0.4) is 0 Å². The summed E-state index contributed by atoms with van der Waals surface area (Å²) in [6.07, 6.45) is 1.60. The molecule has 0 saturated carbocycles. The van der Waals surface area contributed by atoms with Gasteiger partial charge >= 0.3 is 0 Å². The molecule has 0 saturated heterocycles. The van der Waals surface area contributed by atoms with Crippen molar-refractivity contribution >= 4 is 39.2 Å². The van der Waals surface area contributed by atoms with Crippen molar-refractivity contribution in [1.29, 1.82) is 0 Å². The van der Waals surface area contributed by atoms with Gasteiger partial charge in [0.2, 0.25) is 11.8 Å². The molecule has 90 valence electrons. The molecule has 0 aliphatic carbocycles. The van der Waals surface area contributed by atoms with E-state index in [1.807, 2.05) is 6.07 Å². The number of halogens is 1. The molecule has 0 aromatic carbocycles. The third-order valence-corrected chi connectivity index (χ3v) is 2.72. The molecule has 2 amide bonds. The number of anilines is 2. The lowest BCUT2D eigenvalue weighted by molar-refractivity contribution is -0.124. The fourth-order valence-electron chi connectivity index (χ4n) is 1.54. The molecule has 1 unspecified atom stereocenters. The van der Waals surface area contributed by atoms with Gasteiger partial charge in [-0.05, 0) is 22.0 Å². The van der Waals surface area contributed by atoms with Crippen molar-refractivity contribution < 1.29 is 9.59 Å². The summed E-state index contributed by atoms with van der Waals surface area (Å²) in [7, 11) is 0. The van der Waals surface area contributed by atoms with Gasteiger partial charge in [-0.1, -0.05) is 0 Å². The van der Waals surface area contributed by atoms with Crippen LogP contribution in [0, 0.1) is 0 Å². The quantitative estimate of drug-likeness (QED) is 0.713. The highest BCUT2D eigenvalue weighted by molar-refractivity contribution is 9.10. The second kappa shape index (κ2) is 4.70. The third-order valence-electron chi connectivity index (χ3n) is 2.29. The highest BCUT2D eigenvalue weighted by Crippen LogP contribution is 2.24. The van der Waals surface area contributed by atoms with Crippen molar-refractivity contribution in [1.82, 2.24) is 10.3 Å². The average molecular weight is 299 g/mol. The second-order valence-corrected chi connectivity index (χ2v) is 4.59. The van der Waals surface area contributed by atoms with E-state index in [2.05, 4.69) is 36.9 Å². The molecule has 3 N–H and O–H groups in total. The first-order valence-corrected chi connectivity index (χ1v) is 5.83. The zero-order valence-electron chi connectivity index (χ0n) is 9.08. The molecule has 17 heavy (non-hydrogen) atoms. The van der Waals surface area contributed by atoms with E-state index in [4.69, 9.17) is 0 Å². The van der Waals surface area contributed by atoms with Gasteiger partial charge in [-0.25, -0.2) is 4.98 Å². The van der Waals surface area contributed by atoms with Crippen molar-refractivity contribution in [2.75, 3.05) is 17.2 Å². The van der Waals surface area contributed by atoms with E-state index in [0.717, 1.165) is 10.2 Å². The lowest BCUT2D eigenvalue weighted by Gasteiger charge is -2.13. The standard InChI is InChI=1S/C10H11BrN4O2/c1-5(16)14-8-4-12-7-2-6(11)3-13-9(7)15-10(8)17/h2-3,8,12H,4H2,1H3,(H,14,16)(H,13,15,17). The van der Waals surface area contributed by atoms with Gasteiger partial charge in [0.1, 0.15) is 6.04 Å². The largest absolute Gasteiger partial charge is 0.379 e. The maximum Gasteiger partial charge on any atom is 0.249 e. The molecule has 0 spiro atoms. The Bertz CT molecular complexity index is 477. The van der Waals surface area contributed by atoms with Crippen LogP contribution in [0.25, 0.3) is 0 Å². The molecule has 7 heteroatoms. The first-order valence-electron chi connectivity index (χ1n) is 5.03. The molecule has 0 bridgehead atoms. The molecule has 1 aliphatic rings. The lowest BCUT2D eigenvalue weighted by atomic mass is 10.2. The average Bonchev–Trinajstić information content (AvgIpc) is 2.39. The van der Waals surface area contributed by atoms with Crippen LogP contribution in [0.4, 0.5) is 11.5 Å². The molecule has 0 fully saturated rings. The Kier molecular flexibility index (Phi) is 3.28. The molecule has 2 heterocycles. The number of carbonyl (C=O) groups is 2. The number of nitrogens with zero attached hydrogens (tertiary/aromatic N) is 1. The molecule has 1 atom stereocenters. The van der Waals surface area contributed by atoms with Gasteiger partial charge in [0.15, 0.2) is 5.82 Å². The third kappa shape index (κ3) is 2.73. The molecule has 1 aliphatic heterocycles. The molecule has 2 rings (SSSR count). The Hall–Kier alpha value is -1.63. The fourth-order valence-corrected chi connectivity index (χ4v) is 1.88. The number of rotatable bonds is 1. The molecule has 6 nitrogen and oxygen atoms in total. The maximum atomic E-state index is 11.8. The van der Waals surface area contributed by atoms with Crippen molar-refractivity contribution in [2.24, 2.45) is 0 Å². The first-order chi connectivity index (χ1) is 8.06. The Morgan fingerprint density at radius 2 is 2.41 bits per heavy atom. The predicted octanol–water partition coefficient (Wildman–Crippen LogP) is 0.713. The summed E-state index contributed by atoms with van der Waals surface area (Å²) < 4.78 is 0.816. The summed E-state index contributed by atoms with van der Waals surface area (Å²) in [5.74, 6) is -0.0561. The van der Waals surface area contributed by atoms with E-state index in [9.17, 15) is 9.59 Å². The van der Waals surface area contributed by atoms with Crippen molar-refractivity contribution in [3.63, 3.8) is 0 Å². The number of amides is 2. The summed E-state index contributed by atoms with van der Waals surface area (Å²) in [6, 6.07) is 1.22. The Morgan fingerprint density at radius 1 is 1.65 bits per heavy atom. The summed E-state index contributed by atoms with van der Waals surface area (Å²) >= 11 is 3.30. The van der Waals surface area contributed by atoms with E-state index in [1.54, 1.807) is 6.20 Å². The number of carbonyl (C=O) groups excluding carboxylic acids is 2. The van der Waals surface area contributed by atoms with Crippen molar-refractivity contribution in [3.05, 3.63) is 16.7 Å². The molecular weight excluding hydrogens is 288 g/mol. The van der Waals surface area contributed by atoms with Crippen LogP contribution in [-0.2, 0) is 9.59 Å². The summed E-state index contributed by atoms with van der Waals surface area (Å²) in [6.45, 7) is 1.71. The van der Waals surface area contributed by atoms with E-state index in [-0.39, 0.29) is 11.8 Å². The zero-order chi connectivity index (χ0) is 12.4. The Morgan fingerprint density at radius 3 is 3.12 bits per heavy atom. The number of hydrogen-bond donors (Lipinski definition) is 3. The van der Waals surface area contributed by atoms with Crippen molar-refractivity contribution in [3.8, 4) is 0 Å². The number of nitrogens with one attached hydrogen (secondary N) is 3. The predicted molar refractivity (Wildman–Crippen MR) is 66.7 cm³/mol. The van der Waals surface area contributed by atoms with E-state index < -0.39 is 6.04 Å². The van der Waals surface area contributed by atoms with Crippen LogP contribution in [0.1, 0.15) is 6.92 Å². The van der Waals surface area contributed by atoms with E-state index in [0.29, 0.717) is 12.4 Å². The van der Waals surface area contributed by atoms with Gasteiger partial charge in [-0.2, -0.15) is 0 Å². The monoisotopic (exact) mass is 298 g/mol. The normalized spacial score (nSPS) is 18.5. The Labute approximate surface area is 106 Å². The highest BCUT2D eigenvalue weighted by atomic mass is 79.9. The van der Waals surface area contributed by atoms with Crippen LogP contribution in [-0.4, -0.2) is 29.4 Å².